The molecule has 0 saturated carbocycles. The van der Waals surface area contributed by atoms with Crippen LogP contribution in [0.4, 0.5) is 0 Å². The Hall–Kier alpha value is -0.860. The number of rotatable bonds is 3. The molecule has 2 N–H and O–H groups in total. The van der Waals surface area contributed by atoms with E-state index < -0.39 is 0 Å². The third kappa shape index (κ3) is 2.06. The Labute approximate surface area is 92.1 Å². The van der Waals surface area contributed by atoms with E-state index in [1.807, 2.05) is 0 Å². The van der Waals surface area contributed by atoms with E-state index in [2.05, 4.69) is 43.1 Å². The number of benzene rings is 1. The van der Waals surface area contributed by atoms with E-state index in [9.17, 15) is 0 Å². The van der Waals surface area contributed by atoms with Gasteiger partial charge < -0.3 is 10.6 Å². The summed E-state index contributed by atoms with van der Waals surface area (Å²) in [7, 11) is 2.17. The van der Waals surface area contributed by atoms with Gasteiger partial charge in [0.05, 0.1) is 0 Å². The largest absolute Gasteiger partial charge is 0.330 e. The maximum Gasteiger partial charge on any atom is 0.00962 e. The van der Waals surface area contributed by atoms with Gasteiger partial charge in [0.1, 0.15) is 0 Å². The molecule has 82 valence electrons. The third-order valence-electron chi connectivity index (χ3n) is 3.38. The van der Waals surface area contributed by atoms with Gasteiger partial charge in [-0.2, -0.15) is 0 Å². The molecule has 15 heavy (non-hydrogen) atoms. The van der Waals surface area contributed by atoms with Crippen molar-refractivity contribution in [3.8, 4) is 0 Å². The van der Waals surface area contributed by atoms with Crippen molar-refractivity contribution in [3.05, 3.63) is 35.4 Å². The fourth-order valence-electron chi connectivity index (χ4n) is 2.35. The van der Waals surface area contributed by atoms with Crippen molar-refractivity contribution in [1.29, 1.82) is 0 Å². The van der Waals surface area contributed by atoms with Gasteiger partial charge in [0.25, 0.3) is 0 Å². The van der Waals surface area contributed by atoms with Gasteiger partial charge in [-0.3, -0.25) is 0 Å². The van der Waals surface area contributed by atoms with E-state index in [1.165, 1.54) is 24.2 Å². The first-order valence-corrected chi connectivity index (χ1v) is 5.69. The first-order chi connectivity index (χ1) is 7.22. The van der Waals surface area contributed by atoms with Gasteiger partial charge in [0.2, 0.25) is 0 Å². The molecule has 1 fully saturated rings. The number of likely N-dealkylation sites (N-methyl/N-ethyl adjacent to an activating group) is 1. The number of likely N-dealkylation sites (tertiary alicyclic amines) is 1. The van der Waals surface area contributed by atoms with Crippen LogP contribution in [-0.2, 0) is 0 Å². The fourth-order valence-corrected chi connectivity index (χ4v) is 2.35. The second kappa shape index (κ2) is 4.33. The molecular weight excluding hydrogens is 184 g/mol. The Morgan fingerprint density at radius 1 is 1.40 bits per heavy atom. The molecule has 2 nitrogen and oxygen atoms in total. The average molecular weight is 204 g/mol. The molecule has 1 aromatic rings. The van der Waals surface area contributed by atoms with Crippen molar-refractivity contribution in [1.82, 2.24) is 4.90 Å². The molecule has 1 unspecified atom stereocenters. The maximum atomic E-state index is 5.75. The Bertz CT molecular complexity index is 329. The van der Waals surface area contributed by atoms with Crippen LogP contribution in [0, 0.1) is 0 Å². The van der Waals surface area contributed by atoms with E-state index in [0.717, 1.165) is 12.5 Å². The van der Waals surface area contributed by atoms with Gasteiger partial charge >= 0.3 is 0 Å². The lowest BCUT2D eigenvalue weighted by atomic mass is 9.84. The van der Waals surface area contributed by atoms with Crippen molar-refractivity contribution in [3.63, 3.8) is 0 Å². The summed E-state index contributed by atoms with van der Waals surface area (Å²) in [6, 6.07) is 8.75. The van der Waals surface area contributed by atoms with Crippen LogP contribution >= 0.6 is 0 Å². The van der Waals surface area contributed by atoms with E-state index in [0.29, 0.717) is 5.92 Å². The SMILES string of the molecule is CC(CN)c1ccccc1C1CN(C)C1. The molecule has 1 aliphatic heterocycles. The molecule has 0 bridgehead atoms. The number of hydrogen-bond acceptors (Lipinski definition) is 2. The summed E-state index contributed by atoms with van der Waals surface area (Å²) < 4.78 is 0. The molecule has 0 amide bonds. The van der Waals surface area contributed by atoms with Crippen molar-refractivity contribution >= 4 is 0 Å². The van der Waals surface area contributed by atoms with Crippen molar-refractivity contribution in [2.45, 2.75) is 18.8 Å². The normalized spacial score (nSPS) is 19.9. The zero-order chi connectivity index (χ0) is 10.8. The number of nitrogens with two attached hydrogens (primary N) is 1. The van der Waals surface area contributed by atoms with Crippen molar-refractivity contribution < 1.29 is 0 Å². The Morgan fingerprint density at radius 2 is 2.07 bits per heavy atom. The van der Waals surface area contributed by atoms with E-state index in [1.54, 1.807) is 0 Å². The lowest BCUT2D eigenvalue weighted by Gasteiger charge is -2.38. The maximum absolute atomic E-state index is 5.75. The summed E-state index contributed by atoms with van der Waals surface area (Å²) in [5.74, 6) is 1.20. The lowest BCUT2D eigenvalue weighted by Crippen LogP contribution is -2.42. The van der Waals surface area contributed by atoms with E-state index >= 15 is 0 Å². The van der Waals surface area contributed by atoms with Crippen molar-refractivity contribution in [2.75, 3.05) is 26.7 Å². The Kier molecular flexibility index (Phi) is 3.08. The predicted octanol–water partition coefficient (Wildman–Crippen LogP) is 1.78. The smallest absolute Gasteiger partial charge is 0.00962 e. The molecule has 2 rings (SSSR count). The molecule has 1 aromatic carbocycles. The van der Waals surface area contributed by atoms with Crippen molar-refractivity contribution in [2.24, 2.45) is 5.73 Å². The minimum Gasteiger partial charge on any atom is -0.330 e. The fraction of sp³-hybridized carbons (Fsp3) is 0.538. The van der Waals surface area contributed by atoms with Gasteiger partial charge in [-0.15, -0.1) is 0 Å². The van der Waals surface area contributed by atoms with Gasteiger partial charge in [0, 0.05) is 19.0 Å². The second-order valence-corrected chi connectivity index (χ2v) is 4.68. The summed E-state index contributed by atoms with van der Waals surface area (Å²) in [5, 5.41) is 0. The molecule has 1 saturated heterocycles. The van der Waals surface area contributed by atoms with Crippen LogP contribution in [0.3, 0.4) is 0 Å². The number of hydrogen-bond donors (Lipinski definition) is 1. The van der Waals surface area contributed by atoms with Gasteiger partial charge in [-0.25, -0.2) is 0 Å². The van der Waals surface area contributed by atoms with Crippen LogP contribution in [0.5, 0.6) is 0 Å². The first kappa shape index (κ1) is 10.7. The molecule has 1 heterocycles. The van der Waals surface area contributed by atoms with E-state index in [-0.39, 0.29) is 0 Å². The molecule has 2 heteroatoms. The van der Waals surface area contributed by atoms with Crippen LogP contribution in [0.2, 0.25) is 0 Å². The predicted molar refractivity (Wildman–Crippen MR) is 64.1 cm³/mol. The van der Waals surface area contributed by atoms with Crippen LogP contribution in [0.1, 0.15) is 29.9 Å². The minimum absolute atomic E-state index is 0.479. The summed E-state index contributed by atoms with van der Waals surface area (Å²) in [5.41, 5.74) is 8.70. The molecule has 0 aliphatic carbocycles. The Morgan fingerprint density at radius 3 is 2.67 bits per heavy atom. The summed E-state index contributed by atoms with van der Waals surface area (Å²) in [6.45, 7) is 5.32. The van der Waals surface area contributed by atoms with Gasteiger partial charge in [0.15, 0.2) is 0 Å². The molecule has 1 aliphatic rings. The summed E-state index contributed by atoms with van der Waals surface area (Å²) in [6.07, 6.45) is 0. The molecule has 1 atom stereocenters. The second-order valence-electron chi connectivity index (χ2n) is 4.68. The topological polar surface area (TPSA) is 29.3 Å². The standard InChI is InChI=1S/C13H20N2/c1-10(7-14)12-5-3-4-6-13(12)11-8-15(2)9-11/h3-6,10-11H,7-9,14H2,1-2H3. The zero-order valence-electron chi connectivity index (χ0n) is 9.61. The number of nitrogens with zero attached hydrogens (tertiary/aromatic N) is 1. The van der Waals surface area contributed by atoms with E-state index in [4.69, 9.17) is 5.73 Å². The highest BCUT2D eigenvalue weighted by atomic mass is 15.2. The molecular formula is C13H20N2. The molecule has 0 spiro atoms. The lowest BCUT2D eigenvalue weighted by molar-refractivity contribution is 0.189. The minimum atomic E-state index is 0.479. The third-order valence-corrected chi connectivity index (χ3v) is 3.38. The van der Waals surface area contributed by atoms with Crippen LogP contribution < -0.4 is 5.73 Å². The zero-order valence-corrected chi connectivity index (χ0v) is 9.61. The van der Waals surface area contributed by atoms with Crippen LogP contribution in [0.25, 0.3) is 0 Å². The molecule has 0 radical (unpaired) electrons. The highest BCUT2D eigenvalue weighted by Gasteiger charge is 2.27. The quantitative estimate of drug-likeness (QED) is 0.813. The highest BCUT2D eigenvalue weighted by molar-refractivity contribution is 5.35. The highest BCUT2D eigenvalue weighted by Crippen LogP contribution is 2.31. The molecule has 0 aromatic heterocycles. The van der Waals surface area contributed by atoms with Gasteiger partial charge in [-0.05, 0) is 30.6 Å². The Balaban J connectivity index is 2.22. The van der Waals surface area contributed by atoms with Crippen LogP contribution in [0.15, 0.2) is 24.3 Å². The monoisotopic (exact) mass is 204 g/mol. The van der Waals surface area contributed by atoms with Gasteiger partial charge in [-0.1, -0.05) is 31.2 Å². The van der Waals surface area contributed by atoms with Crippen LogP contribution in [-0.4, -0.2) is 31.6 Å². The first-order valence-electron chi connectivity index (χ1n) is 5.69. The average Bonchev–Trinajstić information content (AvgIpc) is 2.24. The summed E-state index contributed by atoms with van der Waals surface area (Å²) in [4.78, 5) is 2.36. The summed E-state index contributed by atoms with van der Waals surface area (Å²) >= 11 is 0.